The molecule has 0 bridgehead atoms. The summed E-state index contributed by atoms with van der Waals surface area (Å²) < 4.78 is 54.1. The van der Waals surface area contributed by atoms with Crippen LogP contribution < -0.4 is 0 Å². The summed E-state index contributed by atoms with van der Waals surface area (Å²) >= 11 is 0. The molecule has 4 aromatic rings. The molecule has 2 N–H and O–H groups in total. The molecule has 9 heteroatoms. The molecule has 1 aromatic heterocycles. The third-order valence-electron chi connectivity index (χ3n) is 6.86. The number of hydrogen-bond donors (Lipinski definition) is 2. The lowest BCUT2D eigenvalue weighted by Gasteiger charge is -2.32. The predicted molar refractivity (Wildman–Crippen MR) is 142 cm³/mol. The van der Waals surface area contributed by atoms with Crippen molar-refractivity contribution in [1.82, 2.24) is 10.2 Å². The Morgan fingerprint density at radius 3 is 2.34 bits per heavy atom. The van der Waals surface area contributed by atoms with Gasteiger partial charge >= 0.3 is 5.97 Å². The maximum absolute atomic E-state index is 15.6. The summed E-state index contributed by atoms with van der Waals surface area (Å²) in [6, 6.07) is 16.3. The number of carbonyl (C=O) groups is 1. The normalized spacial score (nSPS) is 15.0. The smallest absolute Gasteiger partial charge is 0.328 e. The van der Waals surface area contributed by atoms with Crippen molar-refractivity contribution >= 4 is 43.9 Å². The molecule has 1 fully saturated rings. The molecule has 0 saturated heterocycles. The van der Waals surface area contributed by atoms with Crippen LogP contribution in [0.3, 0.4) is 0 Å². The summed E-state index contributed by atoms with van der Waals surface area (Å²) in [5.74, 6) is -2.35. The average Bonchev–Trinajstić information content (AvgIpc) is 3.21. The molecule has 0 atom stereocenters. The fourth-order valence-electron chi connectivity index (χ4n) is 4.74. The van der Waals surface area contributed by atoms with Gasteiger partial charge in [-0.05, 0) is 76.9 Å². The Hall–Kier alpha value is -4.11. The molecular formula is C29H24F2N2O4S. The van der Waals surface area contributed by atoms with Crippen LogP contribution in [0.25, 0.3) is 28.1 Å². The first kappa shape index (κ1) is 25.5. The Bertz CT molecular complexity index is 1720. The SMILES string of the molecule is CS(=O)(=O)c1ccc(C(=C(c2ccc(C=CC(=O)O)cc2)c2ccc3[nH]nc(F)c3c2)C2CCC2)c(F)c1. The lowest BCUT2D eigenvalue weighted by Crippen LogP contribution is -2.16. The van der Waals surface area contributed by atoms with E-state index in [4.69, 9.17) is 5.11 Å². The van der Waals surface area contributed by atoms with E-state index in [1.54, 1.807) is 24.3 Å². The van der Waals surface area contributed by atoms with Crippen LogP contribution >= 0.6 is 0 Å². The molecule has 5 rings (SSSR count). The van der Waals surface area contributed by atoms with E-state index in [2.05, 4.69) is 10.2 Å². The van der Waals surface area contributed by atoms with E-state index >= 15 is 4.39 Å². The molecule has 0 radical (unpaired) electrons. The maximum Gasteiger partial charge on any atom is 0.328 e. The molecule has 1 heterocycles. The Balaban J connectivity index is 1.77. The topological polar surface area (TPSA) is 100 Å². The highest BCUT2D eigenvalue weighted by Gasteiger charge is 2.29. The molecule has 0 unspecified atom stereocenters. The van der Waals surface area contributed by atoms with Gasteiger partial charge in [-0.2, -0.15) is 4.39 Å². The van der Waals surface area contributed by atoms with Gasteiger partial charge < -0.3 is 5.11 Å². The molecule has 0 amide bonds. The number of nitrogens with one attached hydrogen (secondary N) is 1. The average molecular weight is 535 g/mol. The standard InChI is InChI=1S/C29H24F2N2O4S/c1-38(36,37)21-11-12-22(24(30)16-21)28(18-3-2-4-18)27(19-8-5-17(6-9-19)7-14-26(34)35)20-10-13-25-23(15-20)29(31)33-32-25/h5-16,18H,2-4H2,1H3,(H,32,33)(H,34,35). The van der Waals surface area contributed by atoms with Crippen LogP contribution in [-0.4, -0.2) is 35.9 Å². The summed E-state index contributed by atoms with van der Waals surface area (Å²) in [4.78, 5) is 10.8. The van der Waals surface area contributed by atoms with Gasteiger partial charge in [0.2, 0.25) is 5.95 Å². The fraction of sp³-hybridized carbons (Fsp3) is 0.172. The van der Waals surface area contributed by atoms with Crippen molar-refractivity contribution in [3.05, 3.63) is 101 Å². The van der Waals surface area contributed by atoms with Gasteiger partial charge in [-0.25, -0.2) is 17.6 Å². The van der Waals surface area contributed by atoms with E-state index in [9.17, 15) is 17.6 Å². The molecule has 0 spiro atoms. The number of carboxylic acids is 1. The monoisotopic (exact) mass is 534 g/mol. The minimum absolute atomic E-state index is 0.0139. The van der Waals surface area contributed by atoms with Crippen molar-refractivity contribution < 1.29 is 27.1 Å². The van der Waals surface area contributed by atoms with E-state index < -0.39 is 27.6 Å². The zero-order valence-corrected chi connectivity index (χ0v) is 21.2. The van der Waals surface area contributed by atoms with Crippen LogP contribution in [0.1, 0.15) is 41.5 Å². The number of rotatable bonds is 7. The van der Waals surface area contributed by atoms with Crippen molar-refractivity contribution in [1.29, 1.82) is 0 Å². The fourth-order valence-corrected chi connectivity index (χ4v) is 5.38. The second-order valence-electron chi connectivity index (χ2n) is 9.40. The number of aromatic amines is 1. The summed E-state index contributed by atoms with van der Waals surface area (Å²) in [5, 5.41) is 15.5. The van der Waals surface area contributed by atoms with Crippen LogP contribution in [0.5, 0.6) is 0 Å². The van der Waals surface area contributed by atoms with Crippen molar-refractivity contribution in [2.45, 2.75) is 24.2 Å². The van der Waals surface area contributed by atoms with Gasteiger partial charge in [0, 0.05) is 17.9 Å². The van der Waals surface area contributed by atoms with Crippen LogP contribution in [0.2, 0.25) is 0 Å². The lowest BCUT2D eigenvalue weighted by atomic mass is 9.73. The quantitative estimate of drug-likeness (QED) is 0.220. The van der Waals surface area contributed by atoms with Crippen LogP contribution in [0.4, 0.5) is 8.78 Å². The molecule has 6 nitrogen and oxygen atoms in total. The Kier molecular flexibility index (Phi) is 6.71. The second-order valence-corrected chi connectivity index (χ2v) is 11.4. The third-order valence-corrected chi connectivity index (χ3v) is 7.97. The molecule has 1 aliphatic carbocycles. The molecule has 194 valence electrons. The van der Waals surface area contributed by atoms with Gasteiger partial charge in [0.25, 0.3) is 0 Å². The highest BCUT2D eigenvalue weighted by Crippen LogP contribution is 2.46. The summed E-state index contributed by atoms with van der Waals surface area (Å²) in [6.45, 7) is 0. The molecule has 0 aliphatic heterocycles. The van der Waals surface area contributed by atoms with E-state index in [0.717, 1.165) is 43.2 Å². The number of allylic oxidation sites excluding steroid dienone is 1. The number of carboxylic acid groups (broad SMARTS) is 1. The number of nitrogens with zero attached hydrogens (tertiary/aromatic N) is 1. The number of aliphatic carboxylic acids is 1. The zero-order valence-electron chi connectivity index (χ0n) is 20.4. The zero-order chi connectivity index (χ0) is 27.0. The summed E-state index contributed by atoms with van der Waals surface area (Å²) in [5.41, 5.74) is 4.27. The van der Waals surface area contributed by atoms with Crippen LogP contribution in [0.15, 0.2) is 71.6 Å². The van der Waals surface area contributed by atoms with E-state index in [1.165, 1.54) is 18.2 Å². The number of aromatic nitrogens is 2. The first-order valence-corrected chi connectivity index (χ1v) is 13.9. The van der Waals surface area contributed by atoms with Crippen molar-refractivity contribution in [2.24, 2.45) is 5.92 Å². The van der Waals surface area contributed by atoms with E-state index in [1.807, 2.05) is 18.2 Å². The molecular weight excluding hydrogens is 510 g/mol. The van der Waals surface area contributed by atoms with Gasteiger partial charge in [-0.15, -0.1) is 5.10 Å². The highest BCUT2D eigenvalue weighted by molar-refractivity contribution is 7.90. The Morgan fingerprint density at radius 2 is 1.74 bits per heavy atom. The van der Waals surface area contributed by atoms with Crippen molar-refractivity contribution in [3.8, 4) is 0 Å². The van der Waals surface area contributed by atoms with E-state index in [0.29, 0.717) is 38.7 Å². The minimum atomic E-state index is -3.60. The molecule has 1 aliphatic rings. The minimum Gasteiger partial charge on any atom is -0.478 e. The first-order valence-electron chi connectivity index (χ1n) is 12.0. The summed E-state index contributed by atoms with van der Waals surface area (Å²) in [7, 11) is -3.60. The third kappa shape index (κ3) is 5.02. The number of halogens is 2. The number of fused-ring (bicyclic) bond motifs is 1. The van der Waals surface area contributed by atoms with Gasteiger partial charge in [0.1, 0.15) is 5.82 Å². The second kappa shape index (κ2) is 9.98. The predicted octanol–water partition coefficient (Wildman–Crippen LogP) is 6.10. The molecule has 3 aromatic carbocycles. The highest BCUT2D eigenvalue weighted by atomic mass is 32.2. The number of H-pyrrole nitrogens is 1. The lowest BCUT2D eigenvalue weighted by molar-refractivity contribution is -0.131. The van der Waals surface area contributed by atoms with Crippen molar-refractivity contribution in [2.75, 3.05) is 6.26 Å². The van der Waals surface area contributed by atoms with Crippen LogP contribution in [0, 0.1) is 17.7 Å². The first-order chi connectivity index (χ1) is 18.1. The van der Waals surface area contributed by atoms with Crippen molar-refractivity contribution in [3.63, 3.8) is 0 Å². The molecule has 38 heavy (non-hydrogen) atoms. The van der Waals surface area contributed by atoms with Crippen LogP contribution in [-0.2, 0) is 14.6 Å². The Morgan fingerprint density at radius 1 is 1.03 bits per heavy atom. The van der Waals surface area contributed by atoms with Gasteiger partial charge in [0.15, 0.2) is 9.84 Å². The maximum atomic E-state index is 15.6. The van der Waals surface area contributed by atoms with E-state index in [-0.39, 0.29) is 10.8 Å². The summed E-state index contributed by atoms with van der Waals surface area (Å²) in [6.07, 6.45) is 6.17. The molecule has 1 saturated carbocycles. The number of benzene rings is 3. The van der Waals surface area contributed by atoms with Gasteiger partial charge in [-0.3, -0.25) is 5.10 Å². The largest absolute Gasteiger partial charge is 0.478 e. The number of sulfone groups is 1. The Labute approximate surface area is 218 Å². The van der Waals surface area contributed by atoms with Gasteiger partial charge in [-0.1, -0.05) is 42.8 Å². The van der Waals surface area contributed by atoms with Gasteiger partial charge in [0.05, 0.1) is 15.8 Å². The number of hydrogen-bond acceptors (Lipinski definition) is 4.